The summed E-state index contributed by atoms with van der Waals surface area (Å²) in [4.78, 5) is 4.14. The van der Waals surface area contributed by atoms with Gasteiger partial charge in [-0.25, -0.2) is 4.98 Å². The minimum absolute atomic E-state index is 0.565. The lowest BCUT2D eigenvalue weighted by atomic mass is 10.1. The number of benzene rings is 1. The number of nitrogens with one attached hydrogen (secondary N) is 1. The van der Waals surface area contributed by atoms with Gasteiger partial charge >= 0.3 is 0 Å². The van der Waals surface area contributed by atoms with Gasteiger partial charge in [-0.15, -0.1) is 0 Å². The van der Waals surface area contributed by atoms with Crippen molar-refractivity contribution >= 4 is 5.69 Å². The van der Waals surface area contributed by atoms with Crippen LogP contribution in [0, 0.1) is 18.3 Å². The number of aromatic nitrogens is 1. The van der Waals surface area contributed by atoms with Crippen molar-refractivity contribution in [1.82, 2.24) is 4.98 Å². The molecule has 4 nitrogen and oxygen atoms in total. The SMILES string of the molecule is COc1ncccc1CNc1cc(C)ccc1C#N. The maximum atomic E-state index is 9.08. The number of methoxy groups -OCH3 is 1. The largest absolute Gasteiger partial charge is 0.481 e. The quantitative estimate of drug-likeness (QED) is 0.910. The molecule has 0 saturated heterocycles. The van der Waals surface area contributed by atoms with Crippen molar-refractivity contribution in [2.24, 2.45) is 0 Å². The highest BCUT2D eigenvalue weighted by atomic mass is 16.5. The fourth-order valence-electron chi connectivity index (χ4n) is 1.83. The molecule has 0 amide bonds. The number of anilines is 1. The molecule has 0 aliphatic rings. The number of hydrogen-bond donors (Lipinski definition) is 1. The Morgan fingerprint density at radius 2 is 2.21 bits per heavy atom. The van der Waals surface area contributed by atoms with Crippen LogP contribution >= 0.6 is 0 Å². The predicted octanol–water partition coefficient (Wildman–Crippen LogP) is 2.88. The van der Waals surface area contributed by atoms with Crippen molar-refractivity contribution in [3.05, 3.63) is 53.2 Å². The number of hydrogen-bond acceptors (Lipinski definition) is 4. The second kappa shape index (κ2) is 5.87. The van der Waals surface area contributed by atoms with Crippen LogP contribution in [0.3, 0.4) is 0 Å². The Bertz CT molecular complexity index is 617. The molecule has 0 radical (unpaired) electrons. The summed E-state index contributed by atoms with van der Waals surface area (Å²) < 4.78 is 5.20. The molecule has 2 rings (SSSR count). The summed E-state index contributed by atoms with van der Waals surface area (Å²) in [6, 6.07) is 11.7. The zero-order chi connectivity index (χ0) is 13.7. The molecule has 0 unspecified atom stereocenters. The molecule has 96 valence electrons. The second-order valence-corrected chi connectivity index (χ2v) is 4.19. The van der Waals surface area contributed by atoms with Gasteiger partial charge in [-0.3, -0.25) is 0 Å². The molecule has 0 bridgehead atoms. The van der Waals surface area contributed by atoms with Crippen molar-refractivity contribution in [2.45, 2.75) is 13.5 Å². The molecule has 1 aromatic carbocycles. The lowest BCUT2D eigenvalue weighted by Gasteiger charge is -2.11. The Hall–Kier alpha value is -2.54. The Morgan fingerprint density at radius 3 is 2.95 bits per heavy atom. The maximum Gasteiger partial charge on any atom is 0.218 e. The molecule has 19 heavy (non-hydrogen) atoms. The number of pyridine rings is 1. The Morgan fingerprint density at radius 1 is 1.37 bits per heavy atom. The van der Waals surface area contributed by atoms with E-state index in [9.17, 15) is 0 Å². The van der Waals surface area contributed by atoms with E-state index in [-0.39, 0.29) is 0 Å². The number of nitrogens with zero attached hydrogens (tertiary/aromatic N) is 2. The molecule has 1 N–H and O–H groups in total. The van der Waals surface area contributed by atoms with E-state index in [1.54, 1.807) is 13.3 Å². The first kappa shape index (κ1) is 12.9. The minimum atomic E-state index is 0.565. The van der Waals surface area contributed by atoms with E-state index in [2.05, 4.69) is 16.4 Å². The highest BCUT2D eigenvalue weighted by Gasteiger charge is 2.05. The summed E-state index contributed by atoms with van der Waals surface area (Å²) in [5, 5.41) is 12.3. The van der Waals surface area contributed by atoms with Gasteiger partial charge in [0.15, 0.2) is 0 Å². The fourth-order valence-corrected chi connectivity index (χ4v) is 1.83. The van der Waals surface area contributed by atoms with Crippen LogP contribution in [0.15, 0.2) is 36.5 Å². The van der Waals surface area contributed by atoms with Crippen LogP contribution in [0.4, 0.5) is 5.69 Å². The first-order chi connectivity index (χ1) is 9.24. The van der Waals surface area contributed by atoms with Crippen LogP contribution in [0.25, 0.3) is 0 Å². The van der Waals surface area contributed by atoms with E-state index >= 15 is 0 Å². The van der Waals surface area contributed by atoms with Crippen molar-refractivity contribution in [1.29, 1.82) is 5.26 Å². The van der Waals surface area contributed by atoms with Gasteiger partial charge < -0.3 is 10.1 Å². The van der Waals surface area contributed by atoms with Gasteiger partial charge in [0.05, 0.1) is 18.4 Å². The van der Waals surface area contributed by atoms with Crippen LogP contribution < -0.4 is 10.1 Å². The molecule has 0 spiro atoms. The zero-order valence-corrected chi connectivity index (χ0v) is 11.0. The molecule has 0 fully saturated rings. The first-order valence-corrected chi connectivity index (χ1v) is 5.97. The van der Waals surface area contributed by atoms with Crippen molar-refractivity contribution in [2.75, 3.05) is 12.4 Å². The number of aryl methyl sites for hydroxylation is 1. The van der Waals surface area contributed by atoms with Gasteiger partial charge in [0.1, 0.15) is 6.07 Å². The molecular formula is C15H15N3O. The van der Waals surface area contributed by atoms with Crippen molar-refractivity contribution < 1.29 is 4.74 Å². The Balaban J connectivity index is 2.19. The highest BCUT2D eigenvalue weighted by Crippen LogP contribution is 2.20. The number of nitriles is 1. The van der Waals surface area contributed by atoms with Gasteiger partial charge in [0.25, 0.3) is 0 Å². The number of rotatable bonds is 4. The molecule has 0 aliphatic heterocycles. The summed E-state index contributed by atoms with van der Waals surface area (Å²) >= 11 is 0. The molecule has 0 saturated carbocycles. The Labute approximate surface area is 112 Å². The highest BCUT2D eigenvalue weighted by molar-refractivity contribution is 5.59. The van der Waals surface area contributed by atoms with E-state index in [0.29, 0.717) is 18.0 Å². The molecule has 1 heterocycles. The normalized spacial score (nSPS) is 9.74. The lowest BCUT2D eigenvalue weighted by molar-refractivity contribution is 0.393. The molecular weight excluding hydrogens is 238 g/mol. The van der Waals surface area contributed by atoms with Gasteiger partial charge in [-0.05, 0) is 30.7 Å². The standard InChI is InChI=1S/C15H15N3O/c1-11-5-6-12(9-16)14(8-11)18-10-13-4-3-7-17-15(13)19-2/h3-8,18H,10H2,1-2H3. The summed E-state index contributed by atoms with van der Waals surface area (Å²) in [5.74, 6) is 0.598. The van der Waals surface area contributed by atoms with E-state index in [0.717, 1.165) is 16.8 Å². The summed E-state index contributed by atoms with van der Waals surface area (Å²) in [7, 11) is 1.60. The third kappa shape index (κ3) is 3.02. The van der Waals surface area contributed by atoms with E-state index in [4.69, 9.17) is 10.00 Å². The summed E-state index contributed by atoms with van der Waals surface area (Å²) in [6.07, 6.45) is 1.69. The van der Waals surface area contributed by atoms with Crippen LogP contribution in [0.2, 0.25) is 0 Å². The van der Waals surface area contributed by atoms with Crippen LogP contribution in [-0.2, 0) is 6.54 Å². The average molecular weight is 253 g/mol. The van der Waals surface area contributed by atoms with Crippen molar-refractivity contribution in [3.63, 3.8) is 0 Å². The topological polar surface area (TPSA) is 57.9 Å². The zero-order valence-electron chi connectivity index (χ0n) is 11.0. The third-order valence-electron chi connectivity index (χ3n) is 2.81. The van der Waals surface area contributed by atoms with Crippen molar-refractivity contribution in [3.8, 4) is 11.9 Å². The monoisotopic (exact) mass is 253 g/mol. The predicted molar refractivity (Wildman–Crippen MR) is 74.0 cm³/mol. The van der Waals surface area contributed by atoms with Crippen LogP contribution in [0.1, 0.15) is 16.7 Å². The summed E-state index contributed by atoms with van der Waals surface area (Å²) in [5.41, 5.74) is 3.52. The van der Waals surface area contributed by atoms with Gasteiger partial charge in [0.2, 0.25) is 5.88 Å². The smallest absolute Gasteiger partial charge is 0.218 e. The van der Waals surface area contributed by atoms with E-state index < -0.39 is 0 Å². The molecule has 0 atom stereocenters. The van der Waals surface area contributed by atoms with Gasteiger partial charge in [-0.2, -0.15) is 5.26 Å². The minimum Gasteiger partial charge on any atom is -0.481 e. The fraction of sp³-hybridized carbons (Fsp3) is 0.200. The van der Waals surface area contributed by atoms with Gasteiger partial charge in [-0.1, -0.05) is 12.1 Å². The summed E-state index contributed by atoms with van der Waals surface area (Å²) in [6.45, 7) is 2.56. The first-order valence-electron chi connectivity index (χ1n) is 5.97. The Kier molecular flexibility index (Phi) is 3.99. The molecule has 1 aromatic heterocycles. The van der Waals surface area contributed by atoms with E-state index in [1.807, 2.05) is 37.3 Å². The molecule has 4 heteroatoms. The van der Waals surface area contributed by atoms with Gasteiger partial charge in [0, 0.05) is 18.3 Å². The molecule has 0 aliphatic carbocycles. The average Bonchev–Trinajstić information content (AvgIpc) is 2.45. The third-order valence-corrected chi connectivity index (χ3v) is 2.81. The lowest BCUT2D eigenvalue weighted by Crippen LogP contribution is -2.04. The van der Waals surface area contributed by atoms with Crippen LogP contribution in [-0.4, -0.2) is 12.1 Å². The maximum absolute atomic E-state index is 9.08. The molecule has 2 aromatic rings. The van der Waals surface area contributed by atoms with Crippen LogP contribution in [0.5, 0.6) is 5.88 Å². The number of ether oxygens (including phenoxy) is 1. The second-order valence-electron chi connectivity index (χ2n) is 4.19. The van der Waals surface area contributed by atoms with E-state index in [1.165, 1.54) is 0 Å².